The van der Waals surface area contributed by atoms with Crippen molar-refractivity contribution in [3.8, 4) is 0 Å². The van der Waals surface area contributed by atoms with Gasteiger partial charge in [0, 0.05) is 44.1 Å². The van der Waals surface area contributed by atoms with Crippen LogP contribution in [-0.2, 0) is 6.54 Å². The smallest absolute Gasteiger partial charge is 0.123 e. The first-order valence-corrected chi connectivity index (χ1v) is 8.80. The van der Waals surface area contributed by atoms with Gasteiger partial charge in [-0.05, 0) is 54.9 Å². The van der Waals surface area contributed by atoms with E-state index in [2.05, 4.69) is 46.3 Å². The molecule has 3 nitrogen and oxygen atoms in total. The Balaban J connectivity index is 1.51. The molecule has 24 heavy (non-hydrogen) atoms. The number of benzene rings is 2. The van der Waals surface area contributed by atoms with Crippen molar-refractivity contribution in [2.45, 2.75) is 19.9 Å². The van der Waals surface area contributed by atoms with Crippen LogP contribution >= 0.6 is 0 Å². The molecule has 3 rings (SSSR count). The number of piperazine rings is 1. The lowest BCUT2D eigenvalue weighted by molar-refractivity contribution is 0.258. The van der Waals surface area contributed by atoms with Gasteiger partial charge in [0.15, 0.2) is 0 Å². The van der Waals surface area contributed by atoms with E-state index in [9.17, 15) is 4.39 Å². The third-order valence-electron chi connectivity index (χ3n) is 4.55. The van der Waals surface area contributed by atoms with E-state index in [4.69, 9.17) is 0 Å². The average Bonchev–Trinajstić information content (AvgIpc) is 2.63. The van der Waals surface area contributed by atoms with Crippen molar-refractivity contribution in [1.29, 1.82) is 0 Å². The van der Waals surface area contributed by atoms with Crippen LogP contribution in [0.1, 0.15) is 18.9 Å². The zero-order valence-electron chi connectivity index (χ0n) is 14.3. The van der Waals surface area contributed by atoms with Crippen molar-refractivity contribution in [3.63, 3.8) is 0 Å². The molecule has 0 unspecified atom stereocenters. The second kappa shape index (κ2) is 8.15. The van der Waals surface area contributed by atoms with Crippen LogP contribution in [0.5, 0.6) is 0 Å². The summed E-state index contributed by atoms with van der Waals surface area (Å²) in [6.07, 6.45) is 1.23. The van der Waals surface area contributed by atoms with Gasteiger partial charge in [0.2, 0.25) is 0 Å². The predicted molar refractivity (Wildman–Crippen MR) is 99.1 cm³/mol. The van der Waals surface area contributed by atoms with Crippen LogP contribution in [0.25, 0.3) is 0 Å². The van der Waals surface area contributed by atoms with Crippen LogP contribution in [-0.4, -0.2) is 37.6 Å². The molecule has 0 saturated carbocycles. The Morgan fingerprint density at radius 2 is 1.58 bits per heavy atom. The standard InChI is InChI=1S/C20H26FN3/c1-2-11-23-12-14-24(15-13-23)20-9-7-19(8-10-20)22-16-17-3-5-18(21)6-4-17/h3-10,22H,2,11-16H2,1H3. The highest BCUT2D eigenvalue weighted by Crippen LogP contribution is 2.20. The largest absolute Gasteiger partial charge is 0.381 e. The van der Waals surface area contributed by atoms with E-state index in [1.54, 1.807) is 0 Å². The number of anilines is 2. The molecule has 0 amide bonds. The van der Waals surface area contributed by atoms with Gasteiger partial charge in [0.25, 0.3) is 0 Å². The lowest BCUT2D eigenvalue weighted by Gasteiger charge is -2.36. The molecular weight excluding hydrogens is 301 g/mol. The summed E-state index contributed by atoms with van der Waals surface area (Å²) < 4.78 is 12.9. The predicted octanol–water partition coefficient (Wildman–Crippen LogP) is 3.97. The zero-order valence-corrected chi connectivity index (χ0v) is 14.3. The second-order valence-corrected chi connectivity index (χ2v) is 6.36. The van der Waals surface area contributed by atoms with Crippen LogP contribution < -0.4 is 10.2 Å². The topological polar surface area (TPSA) is 18.5 Å². The SMILES string of the molecule is CCCN1CCN(c2ccc(NCc3ccc(F)cc3)cc2)CC1. The number of nitrogens with one attached hydrogen (secondary N) is 1. The number of halogens is 1. The number of hydrogen-bond acceptors (Lipinski definition) is 3. The molecule has 0 aromatic heterocycles. The third-order valence-corrected chi connectivity index (χ3v) is 4.55. The van der Waals surface area contributed by atoms with Crippen molar-refractivity contribution >= 4 is 11.4 Å². The first-order chi connectivity index (χ1) is 11.7. The van der Waals surface area contributed by atoms with E-state index in [0.717, 1.165) is 37.4 Å². The molecule has 1 aliphatic heterocycles. The van der Waals surface area contributed by atoms with E-state index in [-0.39, 0.29) is 5.82 Å². The van der Waals surface area contributed by atoms with Gasteiger partial charge in [-0.2, -0.15) is 0 Å². The Morgan fingerprint density at radius 1 is 0.917 bits per heavy atom. The molecule has 1 aliphatic rings. The molecule has 0 bridgehead atoms. The molecule has 0 radical (unpaired) electrons. The highest BCUT2D eigenvalue weighted by atomic mass is 19.1. The van der Waals surface area contributed by atoms with Crippen molar-refractivity contribution in [2.75, 3.05) is 42.9 Å². The van der Waals surface area contributed by atoms with Crippen LogP contribution in [0.4, 0.5) is 15.8 Å². The first kappa shape index (κ1) is 16.8. The molecule has 0 atom stereocenters. The lowest BCUT2D eigenvalue weighted by Crippen LogP contribution is -2.46. The maximum absolute atomic E-state index is 12.9. The van der Waals surface area contributed by atoms with E-state index in [1.165, 1.54) is 30.8 Å². The maximum Gasteiger partial charge on any atom is 0.123 e. The minimum absolute atomic E-state index is 0.192. The molecule has 0 spiro atoms. The van der Waals surface area contributed by atoms with Crippen molar-refractivity contribution in [2.24, 2.45) is 0 Å². The van der Waals surface area contributed by atoms with Crippen LogP contribution in [0.15, 0.2) is 48.5 Å². The molecule has 4 heteroatoms. The van der Waals surface area contributed by atoms with Gasteiger partial charge in [0.05, 0.1) is 0 Å². The van der Waals surface area contributed by atoms with E-state index in [1.807, 2.05) is 12.1 Å². The molecule has 1 heterocycles. The molecule has 1 N–H and O–H groups in total. The quantitative estimate of drug-likeness (QED) is 0.866. The minimum Gasteiger partial charge on any atom is -0.381 e. The third kappa shape index (κ3) is 4.48. The Kier molecular flexibility index (Phi) is 5.70. The maximum atomic E-state index is 12.9. The van der Waals surface area contributed by atoms with Gasteiger partial charge in [-0.3, -0.25) is 4.90 Å². The number of rotatable bonds is 6. The Labute approximate surface area is 144 Å². The fourth-order valence-corrected chi connectivity index (χ4v) is 3.14. The second-order valence-electron chi connectivity index (χ2n) is 6.36. The normalized spacial score (nSPS) is 15.5. The number of hydrogen-bond donors (Lipinski definition) is 1. The Bertz CT molecular complexity index is 616. The van der Waals surface area contributed by atoms with Crippen molar-refractivity contribution in [1.82, 2.24) is 4.90 Å². The number of nitrogens with zero attached hydrogens (tertiary/aromatic N) is 2. The summed E-state index contributed by atoms with van der Waals surface area (Å²) in [7, 11) is 0. The summed E-state index contributed by atoms with van der Waals surface area (Å²) in [5.41, 5.74) is 3.46. The van der Waals surface area contributed by atoms with Gasteiger partial charge < -0.3 is 10.2 Å². The molecule has 1 fully saturated rings. The lowest BCUT2D eigenvalue weighted by atomic mass is 10.2. The summed E-state index contributed by atoms with van der Waals surface area (Å²) in [6, 6.07) is 15.2. The van der Waals surface area contributed by atoms with E-state index < -0.39 is 0 Å². The van der Waals surface area contributed by atoms with E-state index >= 15 is 0 Å². The molecule has 128 valence electrons. The summed E-state index contributed by atoms with van der Waals surface area (Å²) in [5.74, 6) is -0.192. The summed E-state index contributed by atoms with van der Waals surface area (Å²) in [6.45, 7) is 8.65. The summed E-state index contributed by atoms with van der Waals surface area (Å²) in [4.78, 5) is 4.99. The van der Waals surface area contributed by atoms with Gasteiger partial charge in [0.1, 0.15) is 5.82 Å². The average molecular weight is 327 g/mol. The van der Waals surface area contributed by atoms with Gasteiger partial charge in [-0.15, -0.1) is 0 Å². The molecule has 2 aromatic carbocycles. The highest BCUT2D eigenvalue weighted by molar-refractivity contribution is 5.55. The summed E-state index contributed by atoms with van der Waals surface area (Å²) >= 11 is 0. The Hall–Kier alpha value is -2.07. The van der Waals surface area contributed by atoms with Crippen molar-refractivity contribution < 1.29 is 4.39 Å². The van der Waals surface area contributed by atoms with Crippen LogP contribution in [0.2, 0.25) is 0 Å². The van der Waals surface area contributed by atoms with Gasteiger partial charge in [-0.25, -0.2) is 4.39 Å². The van der Waals surface area contributed by atoms with E-state index in [0.29, 0.717) is 6.54 Å². The summed E-state index contributed by atoms with van der Waals surface area (Å²) in [5, 5.41) is 3.39. The van der Waals surface area contributed by atoms with Crippen molar-refractivity contribution in [3.05, 3.63) is 59.9 Å². The fraction of sp³-hybridized carbons (Fsp3) is 0.400. The zero-order chi connectivity index (χ0) is 16.8. The minimum atomic E-state index is -0.192. The first-order valence-electron chi connectivity index (χ1n) is 8.80. The van der Waals surface area contributed by atoms with Crippen LogP contribution in [0.3, 0.4) is 0 Å². The van der Waals surface area contributed by atoms with Gasteiger partial charge in [-0.1, -0.05) is 19.1 Å². The monoisotopic (exact) mass is 327 g/mol. The molecule has 0 aliphatic carbocycles. The molecule has 1 saturated heterocycles. The van der Waals surface area contributed by atoms with Crippen LogP contribution in [0, 0.1) is 5.82 Å². The fourth-order valence-electron chi connectivity index (χ4n) is 3.14. The van der Waals surface area contributed by atoms with Gasteiger partial charge >= 0.3 is 0 Å². The molecule has 2 aromatic rings. The molecular formula is C20H26FN3. The highest BCUT2D eigenvalue weighted by Gasteiger charge is 2.16. The Morgan fingerprint density at radius 3 is 2.21 bits per heavy atom.